The van der Waals surface area contributed by atoms with Crippen molar-refractivity contribution < 1.29 is 10.0 Å². The zero-order valence-corrected chi connectivity index (χ0v) is 16.3. The molecule has 0 saturated carbocycles. The second-order valence-electron chi connectivity index (χ2n) is 7.56. The zero-order chi connectivity index (χ0) is 20.1. The van der Waals surface area contributed by atoms with Gasteiger partial charge in [0.2, 0.25) is 5.82 Å². The molecule has 7 heteroatoms. The summed E-state index contributed by atoms with van der Waals surface area (Å²) in [7, 11) is 0. The number of nitriles is 1. The Morgan fingerprint density at radius 1 is 1.14 bits per heavy atom. The van der Waals surface area contributed by atoms with E-state index < -0.39 is 0 Å². The fourth-order valence-electron chi connectivity index (χ4n) is 4.07. The van der Waals surface area contributed by atoms with Gasteiger partial charge in [-0.05, 0) is 34.5 Å². The van der Waals surface area contributed by atoms with Crippen LogP contribution in [-0.2, 0) is 13.0 Å². The molecule has 2 N–H and O–H groups in total. The van der Waals surface area contributed by atoms with Crippen LogP contribution in [0.3, 0.4) is 0 Å². The van der Waals surface area contributed by atoms with E-state index in [4.69, 9.17) is 0 Å². The lowest BCUT2D eigenvalue weighted by molar-refractivity contribution is -0.932. The quantitative estimate of drug-likeness (QED) is 0.654. The van der Waals surface area contributed by atoms with Crippen LogP contribution in [0.2, 0.25) is 0 Å². The number of nitrogens with one attached hydrogen (secondary N) is 1. The lowest BCUT2D eigenvalue weighted by atomic mass is 9.98. The molecular formula is C22H25N6O+. The van der Waals surface area contributed by atoms with Crippen LogP contribution in [0.15, 0.2) is 54.6 Å². The highest BCUT2D eigenvalue weighted by atomic mass is 16.3. The molecule has 148 valence electrons. The summed E-state index contributed by atoms with van der Waals surface area (Å²) in [5.41, 5.74) is 2.91. The van der Waals surface area contributed by atoms with Gasteiger partial charge in [-0.25, -0.2) is 4.68 Å². The van der Waals surface area contributed by atoms with E-state index >= 15 is 0 Å². The van der Waals surface area contributed by atoms with E-state index in [0.29, 0.717) is 12.1 Å². The van der Waals surface area contributed by atoms with E-state index in [0.717, 1.165) is 43.7 Å². The van der Waals surface area contributed by atoms with E-state index in [1.54, 1.807) is 0 Å². The number of aliphatic hydroxyl groups is 1. The molecule has 29 heavy (non-hydrogen) atoms. The Bertz CT molecular complexity index is 972. The molecule has 7 nitrogen and oxygen atoms in total. The summed E-state index contributed by atoms with van der Waals surface area (Å²) in [6.07, 6.45) is 2.13. The molecule has 0 amide bonds. The number of aliphatic hydroxyl groups excluding tert-OH is 1. The average molecular weight is 389 g/mol. The number of aromatic nitrogens is 4. The molecule has 1 atom stereocenters. The van der Waals surface area contributed by atoms with E-state index in [1.807, 2.05) is 47.1 Å². The number of hydrogen-bond acceptors (Lipinski definition) is 5. The molecule has 2 aromatic carbocycles. The van der Waals surface area contributed by atoms with Crippen molar-refractivity contribution in [3.8, 4) is 6.07 Å². The van der Waals surface area contributed by atoms with Crippen molar-refractivity contribution in [1.82, 2.24) is 20.2 Å². The van der Waals surface area contributed by atoms with Crippen LogP contribution in [0.4, 0.5) is 0 Å². The minimum atomic E-state index is -0.237. The molecule has 2 heterocycles. The lowest BCUT2D eigenvalue weighted by Crippen LogP contribution is -3.13. The summed E-state index contributed by atoms with van der Waals surface area (Å²) >= 11 is 0. The number of quaternary nitrogens is 1. The van der Waals surface area contributed by atoms with E-state index in [2.05, 4.69) is 33.7 Å². The highest BCUT2D eigenvalue weighted by Crippen LogP contribution is 2.20. The number of nitrogens with zero attached hydrogens (tertiary/aromatic N) is 5. The molecule has 1 aliphatic rings. The van der Waals surface area contributed by atoms with Crippen LogP contribution in [0.5, 0.6) is 0 Å². The van der Waals surface area contributed by atoms with Crippen molar-refractivity contribution in [3.63, 3.8) is 0 Å². The Morgan fingerprint density at radius 3 is 2.69 bits per heavy atom. The molecule has 1 aliphatic heterocycles. The SMILES string of the molecule is N#Cc1cccc([C@@H](c2nnnn2CCc2ccccc2)[NH+]2CCC(O)CC2)c1. The molecule has 3 aromatic rings. The molecule has 1 aromatic heterocycles. The van der Waals surface area contributed by atoms with Gasteiger partial charge in [-0.15, -0.1) is 5.10 Å². The third-order valence-electron chi connectivity index (χ3n) is 5.63. The highest BCUT2D eigenvalue weighted by Gasteiger charge is 2.34. The van der Waals surface area contributed by atoms with E-state index in [9.17, 15) is 10.4 Å². The number of benzene rings is 2. The number of likely N-dealkylation sites (tertiary alicyclic amines) is 1. The topological polar surface area (TPSA) is 92.1 Å². The highest BCUT2D eigenvalue weighted by molar-refractivity contribution is 5.35. The molecule has 1 saturated heterocycles. The maximum absolute atomic E-state index is 9.95. The lowest BCUT2D eigenvalue weighted by Gasteiger charge is -2.32. The molecular weight excluding hydrogens is 364 g/mol. The molecule has 0 spiro atoms. The first-order valence-corrected chi connectivity index (χ1v) is 10.1. The zero-order valence-electron chi connectivity index (χ0n) is 16.3. The maximum Gasteiger partial charge on any atom is 0.214 e. The summed E-state index contributed by atoms with van der Waals surface area (Å²) in [5.74, 6) is 0.808. The number of aryl methyl sites for hydroxylation is 2. The fraction of sp³-hybridized carbons (Fsp3) is 0.364. The second-order valence-corrected chi connectivity index (χ2v) is 7.56. The van der Waals surface area contributed by atoms with Crippen molar-refractivity contribution in [2.75, 3.05) is 13.1 Å². The van der Waals surface area contributed by atoms with Gasteiger partial charge in [0, 0.05) is 24.9 Å². The standard InChI is InChI=1S/C22H24N6O/c23-16-18-7-4-8-19(15-18)21(27-12-10-20(29)11-13-27)22-24-25-26-28(22)14-9-17-5-2-1-3-6-17/h1-8,15,20-21,29H,9-14H2/p+1/t21-/m0/s1. The smallest absolute Gasteiger partial charge is 0.214 e. The Hall–Kier alpha value is -3.08. The van der Waals surface area contributed by atoms with Gasteiger partial charge in [-0.2, -0.15) is 5.26 Å². The van der Waals surface area contributed by atoms with Gasteiger partial charge in [0.15, 0.2) is 6.04 Å². The summed E-state index contributed by atoms with van der Waals surface area (Å²) < 4.78 is 1.88. The van der Waals surface area contributed by atoms with Crippen LogP contribution in [-0.4, -0.2) is 44.5 Å². The van der Waals surface area contributed by atoms with Crippen molar-refractivity contribution in [2.24, 2.45) is 0 Å². The normalized spacial score (nSPS) is 20.1. The third-order valence-corrected chi connectivity index (χ3v) is 5.63. The number of hydrogen-bond donors (Lipinski definition) is 2. The first-order chi connectivity index (χ1) is 14.2. The summed E-state index contributed by atoms with van der Waals surface area (Å²) in [5, 5.41) is 31.9. The van der Waals surface area contributed by atoms with Gasteiger partial charge in [0.05, 0.1) is 30.8 Å². The van der Waals surface area contributed by atoms with Gasteiger partial charge < -0.3 is 10.0 Å². The number of piperidine rings is 1. The number of rotatable bonds is 6. The van der Waals surface area contributed by atoms with Crippen molar-refractivity contribution >= 4 is 0 Å². The maximum atomic E-state index is 9.95. The van der Waals surface area contributed by atoms with Gasteiger partial charge in [-0.1, -0.05) is 42.5 Å². The Labute approximate surface area is 170 Å². The van der Waals surface area contributed by atoms with Crippen LogP contribution < -0.4 is 4.90 Å². The molecule has 1 fully saturated rings. The summed E-state index contributed by atoms with van der Waals surface area (Å²) in [6, 6.07) is 20.2. The Morgan fingerprint density at radius 2 is 1.93 bits per heavy atom. The van der Waals surface area contributed by atoms with E-state index in [-0.39, 0.29) is 12.1 Å². The van der Waals surface area contributed by atoms with Crippen LogP contribution in [0, 0.1) is 11.3 Å². The first-order valence-electron chi connectivity index (χ1n) is 10.1. The average Bonchev–Trinajstić information content (AvgIpc) is 3.23. The minimum absolute atomic E-state index is 0.0680. The van der Waals surface area contributed by atoms with Crippen LogP contribution >= 0.6 is 0 Å². The van der Waals surface area contributed by atoms with Gasteiger partial charge in [-0.3, -0.25) is 0 Å². The van der Waals surface area contributed by atoms with Crippen LogP contribution in [0.25, 0.3) is 0 Å². The Kier molecular flexibility index (Phi) is 5.94. The van der Waals surface area contributed by atoms with Crippen LogP contribution in [0.1, 0.15) is 41.4 Å². The first kappa shape index (κ1) is 19.2. The third kappa shape index (κ3) is 4.50. The largest absolute Gasteiger partial charge is 0.393 e. The molecule has 0 unspecified atom stereocenters. The molecule has 0 radical (unpaired) electrons. The molecule has 0 bridgehead atoms. The van der Waals surface area contributed by atoms with Crippen molar-refractivity contribution in [1.29, 1.82) is 5.26 Å². The monoisotopic (exact) mass is 389 g/mol. The second kappa shape index (κ2) is 8.95. The molecule has 4 rings (SSSR count). The van der Waals surface area contributed by atoms with Gasteiger partial charge >= 0.3 is 0 Å². The number of tetrazole rings is 1. The molecule has 0 aliphatic carbocycles. The van der Waals surface area contributed by atoms with Crippen molar-refractivity contribution in [2.45, 2.75) is 38.0 Å². The fourth-order valence-corrected chi connectivity index (χ4v) is 4.07. The predicted octanol–water partition coefficient (Wildman–Crippen LogP) is 0.916. The summed E-state index contributed by atoms with van der Waals surface area (Å²) in [6.45, 7) is 2.37. The minimum Gasteiger partial charge on any atom is -0.393 e. The van der Waals surface area contributed by atoms with E-state index in [1.165, 1.54) is 10.5 Å². The van der Waals surface area contributed by atoms with Gasteiger partial charge in [0.25, 0.3) is 0 Å². The summed E-state index contributed by atoms with van der Waals surface area (Å²) in [4.78, 5) is 1.32. The predicted molar refractivity (Wildman–Crippen MR) is 107 cm³/mol. The van der Waals surface area contributed by atoms with Gasteiger partial charge in [0.1, 0.15) is 0 Å². The van der Waals surface area contributed by atoms with Crippen molar-refractivity contribution in [3.05, 3.63) is 77.1 Å². The Balaban J connectivity index is 1.64.